The lowest BCUT2D eigenvalue weighted by Gasteiger charge is -2.02. The fourth-order valence-corrected chi connectivity index (χ4v) is 0.433. The van der Waals surface area contributed by atoms with Crippen molar-refractivity contribution in [2.45, 2.75) is 6.55 Å². The third kappa shape index (κ3) is 2.38. The Bertz CT molecular complexity index is 28.0. The van der Waals surface area contributed by atoms with Gasteiger partial charge in [0.25, 0.3) is 0 Å². The normalized spacial score (nSPS) is 10.0. The largest absolute Gasteiger partial charge is 0.331 e. The molecule has 0 rings (SSSR count). The molecule has 3 heteroatoms. The summed E-state index contributed by atoms with van der Waals surface area (Å²) < 4.78 is 0. The highest BCUT2D eigenvalue weighted by molar-refractivity contribution is 6.51. The molecule has 0 aromatic carbocycles. The highest BCUT2D eigenvalue weighted by atomic mass is 28.3. The highest BCUT2D eigenvalue weighted by Gasteiger charge is 1.89. The molecule has 0 aromatic rings. The fraction of sp³-hybridized carbons (Fsp3) is 1.00. The maximum Gasteiger partial charge on any atom is 0.180 e. The predicted molar refractivity (Wildman–Crippen MR) is 31.1 cm³/mol. The molecule has 0 amide bonds. The zero-order valence-corrected chi connectivity index (χ0v) is 5.73. The van der Waals surface area contributed by atoms with Crippen LogP contribution in [0, 0.1) is 0 Å². The quantitative estimate of drug-likeness (QED) is 0.452. The van der Waals surface area contributed by atoms with Gasteiger partial charge >= 0.3 is 0 Å². The Hall–Kier alpha value is 0.137. The van der Waals surface area contributed by atoms with Crippen LogP contribution in [0.5, 0.6) is 0 Å². The van der Waals surface area contributed by atoms with Crippen molar-refractivity contribution in [1.29, 1.82) is 0 Å². The molecule has 0 bridgehead atoms. The standard InChI is InChI=1S/C3H12N2Si/c1-4-6(3)5-2/h4-6H,1-3H3. The Balaban J connectivity index is 2.75. The molecule has 0 unspecified atom stereocenters. The van der Waals surface area contributed by atoms with Crippen molar-refractivity contribution in [3.8, 4) is 0 Å². The molecule has 0 saturated carbocycles. The Kier molecular flexibility index (Phi) is 3.41. The first-order valence-electron chi connectivity index (χ1n) is 2.15. The first kappa shape index (κ1) is 6.14. The third-order valence-corrected chi connectivity index (χ3v) is 2.60. The van der Waals surface area contributed by atoms with E-state index in [0.29, 0.717) is 0 Å². The summed E-state index contributed by atoms with van der Waals surface area (Å²) in [5, 5.41) is 0. The number of hydrogen-bond donors (Lipinski definition) is 2. The van der Waals surface area contributed by atoms with Crippen molar-refractivity contribution in [3.05, 3.63) is 0 Å². The summed E-state index contributed by atoms with van der Waals surface area (Å²) in [5.74, 6) is 0. The summed E-state index contributed by atoms with van der Waals surface area (Å²) in [5.41, 5.74) is 0. The molecule has 0 spiro atoms. The lowest BCUT2D eigenvalue weighted by atomic mass is 11.6. The molecule has 0 aliphatic heterocycles. The van der Waals surface area contributed by atoms with Crippen molar-refractivity contribution in [3.63, 3.8) is 0 Å². The summed E-state index contributed by atoms with van der Waals surface area (Å²) in [6.45, 7) is 2.19. The zero-order chi connectivity index (χ0) is 4.99. The van der Waals surface area contributed by atoms with Gasteiger partial charge < -0.3 is 9.96 Å². The monoisotopic (exact) mass is 104 g/mol. The molecule has 0 saturated heterocycles. The molecular formula is C3H12N2Si. The Morgan fingerprint density at radius 1 is 1.17 bits per heavy atom. The molecule has 2 nitrogen and oxygen atoms in total. The first-order valence-corrected chi connectivity index (χ1v) is 4.46. The Morgan fingerprint density at radius 2 is 1.50 bits per heavy atom. The molecule has 2 N–H and O–H groups in total. The molecule has 0 aliphatic rings. The van der Waals surface area contributed by atoms with Gasteiger partial charge in [-0.1, -0.05) is 0 Å². The van der Waals surface area contributed by atoms with Crippen LogP contribution >= 0.6 is 0 Å². The number of nitrogens with one attached hydrogen (secondary N) is 2. The lowest BCUT2D eigenvalue weighted by Crippen LogP contribution is -2.39. The molecule has 0 fully saturated rings. The van der Waals surface area contributed by atoms with E-state index < -0.39 is 9.12 Å². The summed E-state index contributed by atoms with van der Waals surface area (Å²) >= 11 is 0. The van der Waals surface area contributed by atoms with Crippen molar-refractivity contribution in [1.82, 2.24) is 9.96 Å². The molecule has 38 valence electrons. The minimum Gasteiger partial charge on any atom is -0.331 e. The maximum absolute atomic E-state index is 3.14. The molecule has 0 aliphatic carbocycles. The molecule has 0 atom stereocenters. The Labute approximate surface area is 40.7 Å². The van der Waals surface area contributed by atoms with Gasteiger partial charge in [0.05, 0.1) is 0 Å². The van der Waals surface area contributed by atoms with E-state index in [2.05, 4.69) is 16.5 Å². The van der Waals surface area contributed by atoms with Crippen LogP contribution in [0.3, 0.4) is 0 Å². The van der Waals surface area contributed by atoms with Gasteiger partial charge in [0.15, 0.2) is 9.12 Å². The maximum atomic E-state index is 3.14. The predicted octanol–water partition coefficient (Wildman–Crippen LogP) is -0.725. The summed E-state index contributed by atoms with van der Waals surface area (Å²) in [7, 11) is 3.30. The van der Waals surface area contributed by atoms with Crippen LogP contribution in [-0.4, -0.2) is 23.2 Å². The zero-order valence-electron chi connectivity index (χ0n) is 4.58. The average Bonchev–Trinajstić information content (AvgIpc) is 1.65. The van der Waals surface area contributed by atoms with E-state index in [-0.39, 0.29) is 0 Å². The smallest absolute Gasteiger partial charge is 0.180 e. The Morgan fingerprint density at radius 3 is 1.50 bits per heavy atom. The van der Waals surface area contributed by atoms with Crippen molar-refractivity contribution >= 4 is 9.12 Å². The van der Waals surface area contributed by atoms with E-state index in [4.69, 9.17) is 0 Å². The second-order valence-corrected chi connectivity index (χ2v) is 3.90. The average molecular weight is 104 g/mol. The van der Waals surface area contributed by atoms with E-state index >= 15 is 0 Å². The van der Waals surface area contributed by atoms with Gasteiger partial charge in [0, 0.05) is 0 Å². The van der Waals surface area contributed by atoms with E-state index in [1.165, 1.54) is 0 Å². The summed E-state index contributed by atoms with van der Waals surface area (Å²) in [6.07, 6.45) is 0. The van der Waals surface area contributed by atoms with Crippen molar-refractivity contribution < 1.29 is 0 Å². The molecule has 6 heavy (non-hydrogen) atoms. The van der Waals surface area contributed by atoms with Crippen LogP contribution in [0.4, 0.5) is 0 Å². The second kappa shape index (κ2) is 3.33. The van der Waals surface area contributed by atoms with Crippen LogP contribution in [0.1, 0.15) is 0 Å². The van der Waals surface area contributed by atoms with Crippen LogP contribution in [0.2, 0.25) is 6.55 Å². The van der Waals surface area contributed by atoms with E-state index in [1.807, 2.05) is 14.1 Å². The molecule has 0 aromatic heterocycles. The third-order valence-electron chi connectivity index (χ3n) is 0.866. The second-order valence-electron chi connectivity index (χ2n) is 1.30. The van der Waals surface area contributed by atoms with E-state index in [0.717, 1.165) is 0 Å². The minimum atomic E-state index is -0.660. The van der Waals surface area contributed by atoms with Crippen LogP contribution < -0.4 is 9.96 Å². The lowest BCUT2D eigenvalue weighted by molar-refractivity contribution is 1.08. The van der Waals surface area contributed by atoms with Crippen LogP contribution in [0.15, 0.2) is 0 Å². The van der Waals surface area contributed by atoms with Crippen LogP contribution in [-0.2, 0) is 0 Å². The topological polar surface area (TPSA) is 24.1 Å². The fourth-order valence-electron chi connectivity index (χ4n) is 0.144. The minimum absolute atomic E-state index is 0.660. The van der Waals surface area contributed by atoms with Gasteiger partial charge in [-0.2, -0.15) is 0 Å². The van der Waals surface area contributed by atoms with Gasteiger partial charge in [-0.05, 0) is 20.6 Å². The van der Waals surface area contributed by atoms with E-state index in [1.54, 1.807) is 0 Å². The summed E-state index contributed by atoms with van der Waals surface area (Å²) in [4.78, 5) is 6.28. The molecule has 0 radical (unpaired) electrons. The van der Waals surface area contributed by atoms with Gasteiger partial charge in [-0.3, -0.25) is 0 Å². The highest BCUT2D eigenvalue weighted by Crippen LogP contribution is 1.55. The molecule has 0 heterocycles. The van der Waals surface area contributed by atoms with Gasteiger partial charge in [-0.25, -0.2) is 0 Å². The van der Waals surface area contributed by atoms with Gasteiger partial charge in [0.1, 0.15) is 0 Å². The summed E-state index contributed by atoms with van der Waals surface area (Å²) in [6, 6.07) is 0. The van der Waals surface area contributed by atoms with Crippen molar-refractivity contribution in [2.24, 2.45) is 0 Å². The van der Waals surface area contributed by atoms with Crippen LogP contribution in [0.25, 0.3) is 0 Å². The molecular weight excluding hydrogens is 92.1 g/mol. The number of rotatable bonds is 2. The SMILES string of the molecule is CN[SiH](C)NC. The van der Waals surface area contributed by atoms with E-state index in [9.17, 15) is 0 Å². The van der Waals surface area contributed by atoms with Gasteiger partial charge in [-0.15, -0.1) is 0 Å². The first-order chi connectivity index (χ1) is 2.81. The van der Waals surface area contributed by atoms with Gasteiger partial charge in [0.2, 0.25) is 0 Å². The van der Waals surface area contributed by atoms with Crippen molar-refractivity contribution in [2.75, 3.05) is 14.1 Å². The number of hydrogen-bond acceptors (Lipinski definition) is 2.